The lowest BCUT2D eigenvalue weighted by molar-refractivity contribution is 0.102. The lowest BCUT2D eigenvalue weighted by Crippen LogP contribution is -2.16. The minimum Gasteiger partial charge on any atom is -0.490 e. The van der Waals surface area contributed by atoms with E-state index in [1.54, 1.807) is 30.3 Å². The maximum absolute atomic E-state index is 13.6. The highest BCUT2D eigenvalue weighted by atomic mass is 79.9. The van der Waals surface area contributed by atoms with E-state index in [1.165, 1.54) is 12.1 Å². The van der Waals surface area contributed by atoms with Gasteiger partial charge in [0.15, 0.2) is 0 Å². The van der Waals surface area contributed by atoms with E-state index in [4.69, 9.17) is 4.74 Å². The van der Waals surface area contributed by atoms with Crippen LogP contribution in [0.25, 0.3) is 0 Å². The number of ether oxygens (including phenoxy) is 1. The van der Waals surface area contributed by atoms with Gasteiger partial charge in [-0.1, -0.05) is 28.1 Å². The second-order valence-corrected chi connectivity index (χ2v) is 5.66. The number of rotatable bonds is 4. The summed E-state index contributed by atoms with van der Waals surface area (Å²) in [7, 11) is 0. The fourth-order valence-electron chi connectivity index (χ4n) is 1.79. The molecular formula is C16H15BrFNO2. The number of hydrogen-bond acceptors (Lipinski definition) is 2. The number of benzene rings is 2. The van der Waals surface area contributed by atoms with E-state index in [0.29, 0.717) is 11.3 Å². The van der Waals surface area contributed by atoms with Gasteiger partial charge in [-0.3, -0.25) is 4.79 Å². The average Bonchev–Trinajstić information content (AvgIpc) is 2.43. The first-order chi connectivity index (χ1) is 9.97. The summed E-state index contributed by atoms with van der Waals surface area (Å²) in [6.07, 6.45) is -0.0637. The van der Waals surface area contributed by atoms with Crippen molar-refractivity contribution < 1.29 is 13.9 Å². The van der Waals surface area contributed by atoms with Crippen LogP contribution in [0.4, 0.5) is 10.1 Å². The largest absolute Gasteiger partial charge is 0.490 e. The first kappa shape index (κ1) is 15.5. The summed E-state index contributed by atoms with van der Waals surface area (Å²) in [5.74, 6) is -0.439. The van der Waals surface area contributed by atoms with Crippen molar-refractivity contribution in [1.82, 2.24) is 0 Å². The molecule has 21 heavy (non-hydrogen) atoms. The van der Waals surface area contributed by atoms with E-state index in [0.717, 1.165) is 4.47 Å². The lowest BCUT2D eigenvalue weighted by atomic mass is 10.1. The Balaban J connectivity index is 2.30. The van der Waals surface area contributed by atoms with Crippen LogP contribution in [0.5, 0.6) is 5.75 Å². The third-order valence-corrected chi connectivity index (χ3v) is 3.16. The number of carbonyl (C=O) groups excluding carboxylic acids is 1. The van der Waals surface area contributed by atoms with Crippen molar-refractivity contribution in [2.75, 3.05) is 5.32 Å². The minimum absolute atomic E-state index is 0.0637. The molecule has 0 radical (unpaired) electrons. The van der Waals surface area contributed by atoms with Crippen molar-refractivity contribution in [3.8, 4) is 5.75 Å². The highest BCUT2D eigenvalue weighted by Crippen LogP contribution is 2.25. The zero-order valence-corrected chi connectivity index (χ0v) is 13.3. The Labute approximate surface area is 131 Å². The molecule has 0 spiro atoms. The molecule has 3 nitrogen and oxygen atoms in total. The van der Waals surface area contributed by atoms with Crippen LogP contribution in [0.2, 0.25) is 0 Å². The number of para-hydroxylation sites is 1. The van der Waals surface area contributed by atoms with E-state index < -0.39 is 11.7 Å². The Kier molecular flexibility index (Phi) is 4.96. The van der Waals surface area contributed by atoms with Crippen molar-refractivity contribution in [3.05, 3.63) is 58.3 Å². The van der Waals surface area contributed by atoms with Gasteiger partial charge < -0.3 is 10.1 Å². The molecule has 0 heterocycles. The molecule has 0 unspecified atom stereocenters. The van der Waals surface area contributed by atoms with Crippen LogP contribution in [-0.2, 0) is 0 Å². The normalized spacial score (nSPS) is 10.5. The molecule has 0 aliphatic carbocycles. The second-order valence-electron chi connectivity index (χ2n) is 4.74. The summed E-state index contributed by atoms with van der Waals surface area (Å²) in [5.41, 5.74) is 0.485. The molecule has 2 aromatic carbocycles. The molecule has 0 saturated carbocycles. The van der Waals surface area contributed by atoms with Gasteiger partial charge in [-0.05, 0) is 44.2 Å². The van der Waals surface area contributed by atoms with Crippen molar-refractivity contribution in [1.29, 1.82) is 0 Å². The minimum atomic E-state index is -0.479. The summed E-state index contributed by atoms with van der Waals surface area (Å²) >= 11 is 3.32. The molecule has 0 aliphatic rings. The fraction of sp³-hybridized carbons (Fsp3) is 0.188. The number of halogens is 2. The summed E-state index contributed by atoms with van der Waals surface area (Å²) in [6, 6.07) is 11.2. The number of hydrogen-bond donors (Lipinski definition) is 1. The van der Waals surface area contributed by atoms with E-state index in [-0.39, 0.29) is 11.8 Å². The van der Waals surface area contributed by atoms with Gasteiger partial charge in [-0.25, -0.2) is 4.39 Å². The number of nitrogens with one attached hydrogen (secondary N) is 1. The van der Waals surface area contributed by atoms with E-state index >= 15 is 0 Å². The molecule has 110 valence electrons. The SMILES string of the molecule is CC(C)Oc1ccc(Br)cc1C(=O)Nc1ccccc1F. The Morgan fingerprint density at radius 2 is 1.95 bits per heavy atom. The summed E-state index contributed by atoms with van der Waals surface area (Å²) < 4.78 is 20.0. The topological polar surface area (TPSA) is 38.3 Å². The second kappa shape index (κ2) is 6.72. The Bertz CT molecular complexity index is 658. The zero-order valence-electron chi connectivity index (χ0n) is 11.7. The maximum atomic E-state index is 13.6. The monoisotopic (exact) mass is 351 g/mol. The van der Waals surface area contributed by atoms with Gasteiger partial charge >= 0.3 is 0 Å². The molecule has 0 aliphatic heterocycles. The zero-order chi connectivity index (χ0) is 15.4. The first-order valence-corrected chi connectivity index (χ1v) is 7.28. The van der Waals surface area contributed by atoms with Crippen molar-refractivity contribution in [2.45, 2.75) is 20.0 Å². The molecule has 0 bridgehead atoms. The van der Waals surface area contributed by atoms with E-state index in [9.17, 15) is 9.18 Å². The summed E-state index contributed by atoms with van der Waals surface area (Å²) in [6.45, 7) is 3.75. The maximum Gasteiger partial charge on any atom is 0.259 e. The number of carbonyl (C=O) groups is 1. The van der Waals surface area contributed by atoms with Crippen LogP contribution in [0.3, 0.4) is 0 Å². The van der Waals surface area contributed by atoms with Crippen molar-refractivity contribution >= 4 is 27.5 Å². The standard InChI is InChI=1S/C16H15BrFNO2/c1-10(2)21-15-8-7-11(17)9-12(15)16(20)19-14-6-4-3-5-13(14)18/h3-10H,1-2H3,(H,19,20). The third-order valence-electron chi connectivity index (χ3n) is 2.67. The van der Waals surface area contributed by atoms with Gasteiger partial charge in [-0.15, -0.1) is 0 Å². The first-order valence-electron chi connectivity index (χ1n) is 6.49. The highest BCUT2D eigenvalue weighted by Gasteiger charge is 2.15. The Hall–Kier alpha value is -1.88. The smallest absolute Gasteiger partial charge is 0.259 e. The number of anilines is 1. The summed E-state index contributed by atoms with van der Waals surface area (Å²) in [5, 5.41) is 2.55. The molecule has 0 fully saturated rings. The molecule has 2 rings (SSSR count). The third kappa shape index (κ3) is 4.04. The Morgan fingerprint density at radius 3 is 2.62 bits per heavy atom. The molecule has 2 aromatic rings. The molecule has 5 heteroatoms. The quantitative estimate of drug-likeness (QED) is 0.872. The van der Waals surface area contributed by atoms with Crippen LogP contribution >= 0.6 is 15.9 Å². The van der Waals surface area contributed by atoms with Gasteiger partial charge in [0, 0.05) is 4.47 Å². The van der Waals surface area contributed by atoms with Crippen LogP contribution in [0.1, 0.15) is 24.2 Å². The predicted molar refractivity (Wildman–Crippen MR) is 84.3 cm³/mol. The fourth-order valence-corrected chi connectivity index (χ4v) is 2.15. The van der Waals surface area contributed by atoms with Crippen molar-refractivity contribution in [2.24, 2.45) is 0 Å². The van der Waals surface area contributed by atoms with Crippen LogP contribution < -0.4 is 10.1 Å². The number of amides is 1. The molecule has 1 amide bonds. The van der Waals surface area contributed by atoms with Gasteiger partial charge in [0.25, 0.3) is 5.91 Å². The van der Waals surface area contributed by atoms with E-state index in [1.807, 2.05) is 13.8 Å². The average molecular weight is 352 g/mol. The molecule has 0 aromatic heterocycles. The van der Waals surface area contributed by atoms with E-state index in [2.05, 4.69) is 21.2 Å². The molecule has 0 saturated heterocycles. The van der Waals surface area contributed by atoms with Crippen LogP contribution in [-0.4, -0.2) is 12.0 Å². The van der Waals surface area contributed by atoms with Crippen LogP contribution in [0.15, 0.2) is 46.9 Å². The Morgan fingerprint density at radius 1 is 1.24 bits per heavy atom. The van der Waals surface area contributed by atoms with Gasteiger partial charge in [0.05, 0.1) is 17.4 Å². The highest BCUT2D eigenvalue weighted by molar-refractivity contribution is 9.10. The predicted octanol–water partition coefficient (Wildman–Crippen LogP) is 4.63. The van der Waals surface area contributed by atoms with Gasteiger partial charge in [-0.2, -0.15) is 0 Å². The van der Waals surface area contributed by atoms with Crippen molar-refractivity contribution in [3.63, 3.8) is 0 Å². The van der Waals surface area contributed by atoms with Gasteiger partial charge in [0.2, 0.25) is 0 Å². The van der Waals surface area contributed by atoms with Crippen LogP contribution in [0, 0.1) is 5.82 Å². The molecule has 0 atom stereocenters. The molecular weight excluding hydrogens is 337 g/mol. The van der Waals surface area contributed by atoms with Gasteiger partial charge in [0.1, 0.15) is 11.6 Å². The lowest BCUT2D eigenvalue weighted by Gasteiger charge is -2.14. The molecule has 1 N–H and O–H groups in total. The summed E-state index contributed by atoms with van der Waals surface area (Å²) in [4.78, 5) is 12.3.